The summed E-state index contributed by atoms with van der Waals surface area (Å²) in [6.07, 6.45) is -1.49. The van der Waals surface area contributed by atoms with Gasteiger partial charge in [-0.2, -0.15) is 13.2 Å². The van der Waals surface area contributed by atoms with Crippen molar-refractivity contribution in [2.45, 2.75) is 39.3 Å². The molecule has 0 atom stereocenters. The molecule has 0 heterocycles. The Hall–Kier alpha value is -0.470. The predicted octanol–water partition coefficient (Wildman–Crippen LogP) is 3.69. The zero-order chi connectivity index (χ0) is 8.91. The van der Waals surface area contributed by atoms with E-state index in [4.69, 9.17) is 0 Å². The molecule has 0 aliphatic carbocycles. The maximum atomic E-state index is 12.0. The van der Waals surface area contributed by atoms with Crippen LogP contribution in [-0.2, 0) is 0 Å². The normalized spacial score (nSPS) is 13.7. The van der Waals surface area contributed by atoms with E-state index in [0.29, 0.717) is 6.42 Å². The molecule has 0 nitrogen and oxygen atoms in total. The number of rotatable bonds is 3. The van der Waals surface area contributed by atoms with Crippen LogP contribution in [0.3, 0.4) is 0 Å². The van der Waals surface area contributed by atoms with E-state index in [0.717, 1.165) is 6.42 Å². The standard InChI is InChI=1S/C8H13F3/c1-3-5-6-7(4-2)8(9,10)11/h6H,3-5H2,1-2H3/b7-6+. The topological polar surface area (TPSA) is 0 Å². The lowest BCUT2D eigenvalue weighted by molar-refractivity contribution is -0.0938. The largest absolute Gasteiger partial charge is 0.412 e. The summed E-state index contributed by atoms with van der Waals surface area (Å²) in [4.78, 5) is 0. The lowest BCUT2D eigenvalue weighted by atomic mass is 10.1. The number of alkyl halides is 3. The zero-order valence-electron chi connectivity index (χ0n) is 6.83. The highest BCUT2D eigenvalue weighted by molar-refractivity contribution is 5.07. The van der Waals surface area contributed by atoms with E-state index in [-0.39, 0.29) is 6.42 Å². The first kappa shape index (κ1) is 10.5. The van der Waals surface area contributed by atoms with Gasteiger partial charge in [0, 0.05) is 5.57 Å². The van der Waals surface area contributed by atoms with Crippen molar-refractivity contribution in [3.8, 4) is 0 Å². The maximum absolute atomic E-state index is 12.0. The van der Waals surface area contributed by atoms with Crippen LogP contribution in [-0.4, -0.2) is 6.18 Å². The van der Waals surface area contributed by atoms with Gasteiger partial charge in [0.1, 0.15) is 0 Å². The second kappa shape index (κ2) is 4.42. The molecule has 0 radical (unpaired) electrons. The summed E-state index contributed by atoms with van der Waals surface area (Å²) in [6.45, 7) is 3.38. The summed E-state index contributed by atoms with van der Waals surface area (Å²) >= 11 is 0. The van der Waals surface area contributed by atoms with E-state index in [1.807, 2.05) is 6.92 Å². The Labute approximate surface area is 65.1 Å². The summed E-state index contributed by atoms with van der Waals surface area (Å²) in [6, 6.07) is 0. The molecule has 0 bridgehead atoms. The molecule has 0 saturated heterocycles. The Morgan fingerprint density at radius 3 is 2.09 bits per heavy atom. The molecule has 0 unspecified atom stereocenters. The molecule has 0 amide bonds. The van der Waals surface area contributed by atoms with Gasteiger partial charge in [0.05, 0.1) is 0 Å². The Balaban J connectivity index is 4.16. The van der Waals surface area contributed by atoms with Crippen LogP contribution >= 0.6 is 0 Å². The third kappa shape index (κ3) is 4.06. The quantitative estimate of drug-likeness (QED) is 0.561. The molecule has 0 fully saturated rings. The first-order valence-corrected chi connectivity index (χ1v) is 3.78. The predicted molar refractivity (Wildman–Crippen MR) is 39.3 cm³/mol. The van der Waals surface area contributed by atoms with Crippen LogP contribution in [0, 0.1) is 0 Å². The minimum atomic E-state index is -4.12. The Morgan fingerprint density at radius 2 is 1.82 bits per heavy atom. The van der Waals surface area contributed by atoms with Gasteiger partial charge in [-0.1, -0.05) is 26.3 Å². The molecule has 0 aliphatic rings. The minimum absolute atomic E-state index is 0.0729. The van der Waals surface area contributed by atoms with Crippen molar-refractivity contribution in [1.29, 1.82) is 0 Å². The van der Waals surface area contributed by atoms with Crippen LogP contribution in [0.5, 0.6) is 0 Å². The third-order valence-electron chi connectivity index (χ3n) is 1.42. The fraction of sp³-hybridized carbons (Fsp3) is 0.750. The molecule has 0 aliphatic heterocycles. The van der Waals surface area contributed by atoms with E-state index in [2.05, 4.69) is 0 Å². The van der Waals surface area contributed by atoms with Gasteiger partial charge in [0.25, 0.3) is 0 Å². The Kier molecular flexibility index (Phi) is 4.23. The van der Waals surface area contributed by atoms with Crippen LogP contribution in [0.1, 0.15) is 33.1 Å². The number of hydrogen-bond acceptors (Lipinski definition) is 0. The average Bonchev–Trinajstić information content (AvgIpc) is 1.87. The lowest BCUT2D eigenvalue weighted by Crippen LogP contribution is -2.10. The number of unbranched alkanes of at least 4 members (excludes halogenated alkanes) is 1. The third-order valence-corrected chi connectivity index (χ3v) is 1.42. The second-order valence-corrected chi connectivity index (χ2v) is 2.37. The second-order valence-electron chi connectivity index (χ2n) is 2.37. The van der Waals surface area contributed by atoms with Gasteiger partial charge >= 0.3 is 6.18 Å². The SMILES string of the molecule is CCC/C=C(\CC)C(F)(F)F. The molecular weight excluding hydrogens is 153 g/mol. The fourth-order valence-corrected chi connectivity index (χ4v) is 0.779. The summed E-state index contributed by atoms with van der Waals surface area (Å²) in [5, 5.41) is 0. The van der Waals surface area contributed by atoms with Crippen LogP contribution in [0.15, 0.2) is 11.6 Å². The minimum Gasteiger partial charge on any atom is -0.166 e. The Bertz CT molecular complexity index is 133. The van der Waals surface area contributed by atoms with Crippen molar-refractivity contribution in [3.05, 3.63) is 11.6 Å². The molecule has 3 heteroatoms. The molecule has 66 valence electrons. The van der Waals surface area contributed by atoms with E-state index < -0.39 is 11.7 Å². The summed E-state index contributed by atoms with van der Waals surface area (Å²) in [5.41, 5.74) is -0.403. The van der Waals surface area contributed by atoms with Gasteiger partial charge < -0.3 is 0 Å². The Morgan fingerprint density at radius 1 is 1.27 bits per heavy atom. The van der Waals surface area contributed by atoms with Gasteiger partial charge in [-0.3, -0.25) is 0 Å². The molecule has 0 aromatic carbocycles. The number of allylic oxidation sites excluding steroid dienone is 2. The number of halogens is 3. The van der Waals surface area contributed by atoms with Crippen LogP contribution in [0.4, 0.5) is 13.2 Å². The molecule has 0 spiro atoms. The van der Waals surface area contributed by atoms with E-state index >= 15 is 0 Å². The summed E-state index contributed by atoms with van der Waals surface area (Å²) < 4.78 is 35.9. The zero-order valence-corrected chi connectivity index (χ0v) is 6.83. The highest BCUT2D eigenvalue weighted by Gasteiger charge is 2.31. The van der Waals surface area contributed by atoms with E-state index in [1.54, 1.807) is 0 Å². The van der Waals surface area contributed by atoms with Crippen LogP contribution in [0.2, 0.25) is 0 Å². The lowest BCUT2D eigenvalue weighted by Gasteiger charge is -2.08. The van der Waals surface area contributed by atoms with Crippen molar-refractivity contribution in [3.63, 3.8) is 0 Å². The highest BCUT2D eigenvalue weighted by Crippen LogP contribution is 2.28. The molecule has 0 aromatic rings. The van der Waals surface area contributed by atoms with E-state index in [1.165, 1.54) is 13.0 Å². The van der Waals surface area contributed by atoms with Crippen LogP contribution in [0.25, 0.3) is 0 Å². The smallest absolute Gasteiger partial charge is 0.166 e. The van der Waals surface area contributed by atoms with Crippen molar-refractivity contribution < 1.29 is 13.2 Å². The van der Waals surface area contributed by atoms with Crippen molar-refractivity contribution >= 4 is 0 Å². The van der Waals surface area contributed by atoms with Crippen molar-refractivity contribution in [2.24, 2.45) is 0 Å². The van der Waals surface area contributed by atoms with Crippen molar-refractivity contribution in [2.75, 3.05) is 0 Å². The molecule has 0 aromatic heterocycles. The van der Waals surface area contributed by atoms with Gasteiger partial charge in [0.15, 0.2) is 0 Å². The van der Waals surface area contributed by atoms with Gasteiger partial charge in [-0.05, 0) is 12.8 Å². The molecule has 11 heavy (non-hydrogen) atoms. The maximum Gasteiger partial charge on any atom is 0.412 e. The van der Waals surface area contributed by atoms with Gasteiger partial charge in [0.2, 0.25) is 0 Å². The number of hydrogen-bond donors (Lipinski definition) is 0. The van der Waals surface area contributed by atoms with Crippen LogP contribution < -0.4 is 0 Å². The average molecular weight is 166 g/mol. The molecule has 0 saturated carbocycles. The molecular formula is C8H13F3. The summed E-state index contributed by atoms with van der Waals surface area (Å²) in [5.74, 6) is 0. The highest BCUT2D eigenvalue weighted by atomic mass is 19.4. The van der Waals surface area contributed by atoms with E-state index in [9.17, 15) is 13.2 Å². The van der Waals surface area contributed by atoms with Crippen molar-refractivity contribution in [1.82, 2.24) is 0 Å². The van der Waals surface area contributed by atoms with Gasteiger partial charge in [-0.25, -0.2) is 0 Å². The first-order chi connectivity index (χ1) is 5.02. The fourth-order valence-electron chi connectivity index (χ4n) is 0.779. The summed E-state index contributed by atoms with van der Waals surface area (Å²) in [7, 11) is 0. The monoisotopic (exact) mass is 166 g/mol. The van der Waals surface area contributed by atoms with Gasteiger partial charge in [-0.15, -0.1) is 0 Å². The molecule has 0 N–H and O–H groups in total. The first-order valence-electron chi connectivity index (χ1n) is 3.78. The molecule has 0 rings (SSSR count).